The highest BCUT2D eigenvalue weighted by molar-refractivity contribution is 6.33. The predicted octanol–water partition coefficient (Wildman–Crippen LogP) is 3.98. The number of rotatable bonds is 10. The molecule has 3 aromatic rings. The normalized spacial score (nSPS) is 16.7. The fraction of sp³-hybridized carbons (Fsp3) is 0.400. The zero-order valence-electron chi connectivity index (χ0n) is 23.1. The molecule has 1 saturated heterocycles. The number of aliphatic hydroxyl groups is 1. The van der Waals surface area contributed by atoms with Crippen LogP contribution in [-0.4, -0.2) is 70.3 Å². The van der Waals surface area contributed by atoms with Crippen molar-refractivity contribution in [1.82, 2.24) is 20.2 Å². The average Bonchev–Trinajstić information content (AvgIpc) is 3.30. The Morgan fingerprint density at radius 3 is 2.80 bits per heavy atom. The van der Waals surface area contributed by atoms with E-state index in [1.807, 2.05) is 50.2 Å². The third kappa shape index (κ3) is 6.45. The van der Waals surface area contributed by atoms with Crippen LogP contribution in [0.2, 0.25) is 5.02 Å². The van der Waals surface area contributed by atoms with E-state index in [1.165, 1.54) is 4.90 Å². The van der Waals surface area contributed by atoms with Crippen molar-refractivity contribution in [2.24, 2.45) is 0 Å². The van der Waals surface area contributed by atoms with E-state index in [0.717, 1.165) is 24.0 Å². The number of fused-ring (bicyclic) bond motifs is 1. The molecule has 2 aliphatic rings. The molecular weight excluding hydrogens is 546 g/mol. The molecule has 2 amide bonds. The van der Waals surface area contributed by atoms with Crippen LogP contribution in [0.3, 0.4) is 0 Å². The molecule has 2 aliphatic heterocycles. The van der Waals surface area contributed by atoms with Gasteiger partial charge in [-0.1, -0.05) is 35.9 Å². The molecule has 216 valence electrons. The van der Waals surface area contributed by atoms with Crippen molar-refractivity contribution in [2.75, 3.05) is 31.7 Å². The Hall–Kier alpha value is -3.73. The van der Waals surface area contributed by atoms with Crippen molar-refractivity contribution in [3.8, 4) is 17.0 Å². The number of nitrogens with one attached hydrogen (secondary N) is 2. The Labute approximate surface area is 244 Å². The number of nitrogens with zero attached hydrogens (tertiary/aromatic N) is 3. The molecule has 5 rings (SSSR count). The minimum Gasteiger partial charge on any atom is -0.494 e. The second kappa shape index (κ2) is 12.8. The van der Waals surface area contributed by atoms with Crippen LogP contribution < -0.4 is 15.4 Å². The van der Waals surface area contributed by atoms with E-state index in [0.29, 0.717) is 53.4 Å². The van der Waals surface area contributed by atoms with E-state index in [4.69, 9.17) is 21.1 Å². The van der Waals surface area contributed by atoms with Gasteiger partial charge in [0, 0.05) is 36.9 Å². The van der Waals surface area contributed by atoms with E-state index in [9.17, 15) is 14.7 Å². The summed E-state index contributed by atoms with van der Waals surface area (Å²) in [6, 6.07) is 11.7. The second-order valence-corrected chi connectivity index (χ2v) is 10.6. The Kier molecular flexibility index (Phi) is 9.02. The zero-order chi connectivity index (χ0) is 28.9. The molecule has 2 unspecified atom stereocenters. The van der Waals surface area contributed by atoms with E-state index < -0.39 is 18.6 Å². The number of halogens is 1. The van der Waals surface area contributed by atoms with Crippen molar-refractivity contribution < 1.29 is 24.2 Å². The smallest absolute Gasteiger partial charge is 0.255 e. The second-order valence-electron chi connectivity index (χ2n) is 10.2. The molecule has 0 bridgehead atoms. The summed E-state index contributed by atoms with van der Waals surface area (Å²) in [5, 5.41) is 16.8. The number of carbonyl (C=O) groups is 2. The Balaban J connectivity index is 1.31. The van der Waals surface area contributed by atoms with Crippen LogP contribution in [0.5, 0.6) is 5.75 Å². The van der Waals surface area contributed by atoms with Crippen molar-refractivity contribution in [1.29, 1.82) is 0 Å². The van der Waals surface area contributed by atoms with Gasteiger partial charge in [-0.3, -0.25) is 9.59 Å². The maximum absolute atomic E-state index is 13.5. The minimum atomic E-state index is -1.05. The van der Waals surface area contributed by atoms with Crippen LogP contribution in [0.25, 0.3) is 11.3 Å². The molecule has 41 heavy (non-hydrogen) atoms. The number of aromatic nitrogens is 2. The highest BCUT2D eigenvalue weighted by atomic mass is 35.5. The molecule has 0 spiro atoms. The number of hydrogen-bond acceptors (Lipinski definition) is 8. The first kappa shape index (κ1) is 28.8. The van der Waals surface area contributed by atoms with E-state index in [1.54, 1.807) is 12.3 Å². The average molecular weight is 580 g/mol. The van der Waals surface area contributed by atoms with Crippen LogP contribution >= 0.6 is 11.6 Å². The van der Waals surface area contributed by atoms with Crippen LogP contribution in [0.1, 0.15) is 54.2 Å². The minimum absolute atomic E-state index is 0.204. The summed E-state index contributed by atoms with van der Waals surface area (Å²) < 4.78 is 11.0. The van der Waals surface area contributed by atoms with Gasteiger partial charge in [0.2, 0.25) is 11.9 Å². The number of benzene rings is 2. The molecule has 2 atom stereocenters. The Bertz CT molecular complexity index is 1410. The summed E-state index contributed by atoms with van der Waals surface area (Å²) in [6.45, 7) is 5.36. The summed E-state index contributed by atoms with van der Waals surface area (Å²) in [5.74, 6) is 0.391. The lowest BCUT2D eigenvalue weighted by Gasteiger charge is -2.27. The van der Waals surface area contributed by atoms with Gasteiger partial charge in [-0.2, -0.15) is 0 Å². The first-order valence-corrected chi connectivity index (χ1v) is 14.2. The summed E-state index contributed by atoms with van der Waals surface area (Å²) in [5.41, 5.74) is 3.22. The van der Waals surface area contributed by atoms with Crippen molar-refractivity contribution in [3.63, 3.8) is 0 Å². The third-order valence-corrected chi connectivity index (χ3v) is 7.67. The van der Waals surface area contributed by atoms with E-state index in [2.05, 4.69) is 20.6 Å². The van der Waals surface area contributed by atoms with Gasteiger partial charge < -0.3 is 30.1 Å². The van der Waals surface area contributed by atoms with Gasteiger partial charge in [0.15, 0.2) is 0 Å². The highest BCUT2D eigenvalue weighted by Crippen LogP contribution is 2.32. The summed E-state index contributed by atoms with van der Waals surface area (Å²) in [6.07, 6.45) is 3.27. The summed E-state index contributed by atoms with van der Waals surface area (Å²) >= 11 is 6.47. The molecule has 0 aliphatic carbocycles. The lowest BCUT2D eigenvalue weighted by atomic mass is 10.0. The lowest BCUT2D eigenvalue weighted by Crippen LogP contribution is -2.49. The topological polar surface area (TPSA) is 126 Å². The Morgan fingerprint density at radius 1 is 1.24 bits per heavy atom. The van der Waals surface area contributed by atoms with Crippen LogP contribution in [0.4, 0.5) is 5.95 Å². The summed E-state index contributed by atoms with van der Waals surface area (Å²) in [7, 11) is 0. The highest BCUT2D eigenvalue weighted by Gasteiger charge is 2.37. The van der Waals surface area contributed by atoms with Crippen LogP contribution in [-0.2, 0) is 16.1 Å². The molecule has 0 radical (unpaired) electrons. The lowest BCUT2D eigenvalue weighted by molar-refractivity contribution is -0.127. The molecule has 0 saturated carbocycles. The number of amides is 2. The van der Waals surface area contributed by atoms with Gasteiger partial charge in [-0.25, -0.2) is 9.97 Å². The quantitative estimate of drug-likeness (QED) is 0.329. The molecule has 3 heterocycles. The van der Waals surface area contributed by atoms with E-state index >= 15 is 0 Å². The number of anilines is 1. The molecule has 1 aromatic heterocycles. The first-order valence-electron chi connectivity index (χ1n) is 13.8. The standard InChI is InChI=1S/C30H34ClN5O5/c1-3-41-23-6-4-5-19(13-23)18(2)33-28(38)26(17-37)36-16-21-8-7-20(14-24(21)29(36)39)27-25(31)15-32-30(35-27)34-22-9-11-40-12-10-22/h4-8,13-15,18,22,26,37H,3,9-12,16-17H2,1-2H3,(H,33,38)(H,32,34,35). The fourth-order valence-electron chi connectivity index (χ4n) is 5.14. The number of hydrogen-bond donors (Lipinski definition) is 3. The Morgan fingerprint density at radius 2 is 2.05 bits per heavy atom. The van der Waals surface area contributed by atoms with Crippen LogP contribution in [0, 0.1) is 0 Å². The number of carbonyl (C=O) groups excluding carboxylic acids is 2. The molecule has 11 heteroatoms. The van der Waals surface area contributed by atoms with Gasteiger partial charge in [0.05, 0.1) is 36.2 Å². The van der Waals surface area contributed by atoms with Crippen molar-refractivity contribution >= 4 is 29.4 Å². The zero-order valence-corrected chi connectivity index (χ0v) is 23.9. The third-order valence-electron chi connectivity index (χ3n) is 7.39. The fourth-order valence-corrected chi connectivity index (χ4v) is 5.34. The van der Waals surface area contributed by atoms with Crippen LogP contribution in [0.15, 0.2) is 48.7 Å². The number of ether oxygens (including phenoxy) is 2. The van der Waals surface area contributed by atoms with Gasteiger partial charge in [0.1, 0.15) is 11.8 Å². The summed E-state index contributed by atoms with van der Waals surface area (Å²) in [4.78, 5) is 37.1. The molecule has 2 aromatic carbocycles. The maximum atomic E-state index is 13.5. The molecule has 1 fully saturated rings. The molecular formula is C30H34ClN5O5. The van der Waals surface area contributed by atoms with Gasteiger partial charge in [-0.15, -0.1) is 0 Å². The van der Waals surface area contributed by atoms with Crippen molar-refractivity contribution in [2.45, 2.75) is 51.4 Å². The van der Waals surface area contributed by atoms with Gasteiger partial charge in [-0.05, 0) is 56.0 Å². The SMILES string of the molecule is CCOc1cccc(C(C)NC(=O)C(CO)N2Cc3ccc(-c4nc(NC5CCOCC5)ncc4Cl)cc3C2=O)c1. The van der Waals surface area contributed by atoms with E-state index in [-0.39, 0.29) is 24.5 Å². The predicted molar refractivity (Wildman–Crippen MR) is 155 cm³/mol. The van der Waals surface area contributed by atoms with Crippen molar-refractivity contribution in [3.05, 3.63) is 70.4 Å². The number of aliphatic hydroxyl groups excluding tert-OH is 1. The van der Waals surface area contributed by atoms with Gasteiger partial charge in [0.25, 0.3) is 5.91 Å². The molecule has 10 nitrogen and oxygen atoms in total. The molecule has 3 N–H and O–H groups in total. The van der Waals surface area contributed by atoms with Gasteiger partial charge >= 0.3 is 0 Å². The monoisotopic (exact) mass is 579 g/mol. The first-order chi connectivity index (χ1) is 19.9. The maximum Gasteiger partial charge on any atom is 0.255 e. The largest absolute Gasteiger partial charge is 0.494 e.